The quantitative estimate of drug-likeness (QED) is 0.672. The molecule has 0 aromatic rings. The molecule has 0 bridgehead atoms. The molecule has 0 amide bonds. The largest absolute Gasteiger partial charge is 0.393 e. The molecule has 0 spiro atoms. The van der Waals surface area contributed by atoms with Gasteiger partial charge in [-0.2, -0.15) is 0 Å². The van der Waals surface area contributed by atoms with Gasteiger partial charge in [0.15, 0.2) is 0 Å². The molecule has 0 saturated heterocycles. The Kier molecular flexibility index (Phi) is 3.16. The highest BCUT2D eigenvalue weighted by Crippen LogP contribution is 2.52. The number of rotatable bonds is 5. The molecule has 0 aromatic carbocycles. The molecular weight excluding hydrogens is 148 g/mol. The van der Waals surface area contributed by atoms with Crippen molar-refractivity contribution in [1.82, 2.24) is 0 Å². The average molecular weight is 170 g/mol. The minimum absolute atomic E-state index is 0.0790. The average Bonchev–Trinajstić information content (AvgIpc) is 2.68. The molecule has 1 aliphatic carbocycles. The summed E-state index contributed by atoms with van der Waals surface area (Å²) in [6.07, 6.45) is 6.27. The lowest BCUT2D eigenvalue weighted by molar-refractivity contribution is 0.102. The van der Waals surface area contributed by atoms with Crippen molar-refractivity contribution in [2.75, 3.05) is 0 Å². The Bertz CT molecular complexity index is 134. The van der Waals surface area contributed by atoms with E-state index in [1.807, 2.05) is 6.92 Å². The van der Waals surface area contributed by atoms with Crippen molar-refractivity contribution in [3.8, 4) is 0 Å². The van der Waals surface area contributed by atoms with Crippen LogP contribution in [-0.4, -0.2) is 11.2 Å². The van der Waals surface area contributed by atoms with Gasteiger partial charge >= 0.3 is 0 Å². The molecule has 0 aliphatic heterocycles. The lowest BCUT2D eigenvalue weighted by Crippen LogP contribution is -2.17. The first-order chi connectivity index (χ1) is 5.57. The van der Waals surface area contributed by atoms with Crippen molar-refractivity contribution >= 4 is 0 Å². The summed E-state index contributed by atoms with van der Waals surface area (Å²) < 4.78 is 0. The maximum absolute atomic E-state index is 9.51. The molecule has 1 unspecified atom stereocenters. The zero-order chi connectivity index (χ0) is 9.19. The summed E-state index contributed by atoms with van der Waals surface area (Å²) >= 11 is 0. The molecule has 1 N–H and O–H groups in total. The molecule has 1 aliphatic rings. The van der Waals surface area contributed by atoms with Crippen LogP contribution in [-0.2, 0) is 0 Å². The van der Waals surface area contributed by atoms with E-state index in [9.17, 15) is 5.11 Å². The fraction of sp³-hybridized carbons (Fsp3) is 1.00. The zero-order valence-electron chi connectivity index (χ0n) is 8.64. The highest BCUT2D eigenvalue weighted by molar-refractivity contribution is 4.96. The summed E-state index contributed by atoms with van der Waals surface area (Å²) in [6.45, 7) is 6.48. The van der Waals surface area contributed by atoms with E-state index in [0.29, 0.717) is 5.41 Å². The first-order valence-electron chi connectivity index (χ1n) is 5.25. The summed E-state index contributed by atoms with van der Waals surface area (Å²) in [5, 5.41) is 9.51. The van der Waals surface area contributed by atoms with Crippen LogP contribution in [0.4, 0.5) is 0 Å². The van der Waals surface area contributed by atoms with Crippen LogP contribution in [0.1, 0.15) is 52.9 Å². The van der Waals surface area contributed by atoms with E-state index in [0.717, 1.165) is 5.92 Å². The van der Waals surface area contributed by atoms with Crippen LogP contribution in [0, 0.1) is 11.3 Å². The normalized spacial score (nSPS) is 22.8. The first-order valence-corrected chi connectivity index (χ1v) is 5.25. The van der Waals surface area contributed by atoms with E-state index >= 15 is 0 Å². The van der Waals surface area contributed by atoms with Crippen LogP contribution in [0.2, 0.25) is 0 Å². The Morgan fingerprint density at radius 2 is 1.83 bits per heavy atom. The molecule has 12 heavy (non-hydrogen) atoms. The van der Waals surface area contributed by atoms with Gasteiger partial charge in [-0.05, 0) is 37.5 Å². The highest BCUT2D eigenvalue weighted by atomic mass is 16.3. The van der Waals surface area contributed by atoms with Crippen molar-refractivity contribution in [3.05, 3.63) is 0 Å². The Hall–Kier alpha value is -0.0400. The summed E-state index contributed by atoms with van der Waals surface area (Å²) in [7, 11) is 0. The summed E-state index contributed by atoms with van der Waals surface area (Å²) in [4.78, 5) is 0. The van der Waals surface area contributed by atoms with Gasteiger partial charge in [-0.3, -0.25) is 0 Å². The second-order valence-electron chi connectivity index (χ2n) is 4.82. The second-order valence-corrected chi connectivity index (χ2v) is 4.82. The van der Waals surface area contributed by atoms with Gasteiger partial charge in [-0.25, -0.2) is 0 Å². The Balaban J connectivity index is 2.14. The maximum atomic E-state index is 9.51. The van der Waals surface area contributed by atoms with Gasteiger partial charge in [0, 0.05) is 0 Å². The SMILES string of the molecule is CC(C)CCCC1(C(C)O)CC1. The Morgan fingerprint density at radius 3 is 2.17 bits per heavy atom. The number of aliphatic hydroxyl groups is 1. The number of aliphatic hydroxyl groups excluding tert-OH is 1. The maximum Gasteiger partial charge on any atom is 0.0568 e. The van der Waals surface area contributed by atoms with Crippen molar-refractivity contribution in [1.29, 1.82) is 0 Å². The third-order valence-corrected chi connectivity index (χ3v) is 3.23. The second kappa shape index (κ2) is 3.78. The van der Waals surface area contributed by atoms with Crippen LogP contribution >= 0.6 is 0 Å². The van der Waals surface area contributed by atoms with Crippen LogP contribution < -0.4 is 0 Å². The van der Waals surface area contributed by atoms with E-state index in [2.05, 4.69) is 13.8 Å². The van der Waals surface area contributed by atoms with Crippen molar-refractivity contribution < 1.29 is 5.11 Å². The summed E-state index contributed by atoms with van der Waals surface area (Å²) in [6, 6.07) is 0. The van der Waals surface area contributed by atoms with Crippen molar-refractivity contribution in [2.24, 2.45) is 11.3 Å². The third-order valence-electron chi connectivity index (χ3n) is 3.23. The predicted molar refractivity (Wildman–Crippen MR) is 52.0 cm³/mol. The van der Waals surface area contributed by atoms with Gasteiger partial charge in [0.05, 0.1) is 6.10 Å². The smallest absolute Gasteiger partial charge is 0.0568 e. The minimum atomic E-state index is -0.0790. The van der Waals surface area contributed by atoms with E-state index in [1.54, 1.807) is 0 Å². The summed E-state index contributed by atoms with van der Waals surface area (Å²) in [5.41, 5.74) is 0.342. The van der Waals surface area contributed by atoms with E-state index < -0.39 is 0 Å². The standard InChI is InChI=1S/C11H22O/c1-9(2)5-4-6-11(7-8-11)10(3)12/h9-10,12H,4-8H2,1-3H3. The Labute approximate surface area is 76.2 Å². The van der Waals surface area contributed by atoms with Gasteiger partial charge in [0.25, 0.3) is 0 Å². The fourth-order valence-corrected chi connectivity index (χ4v) is 1.90. The first kappa shape index (κ1) is 10.0. The van der Waals surface area contributed by atoms with Gasteiger partial charge < -0.3 is 5.11 Å². The Morgan fingerprint density at radius 1 is 1.25 bits per heavy atom. The molecule has 0 radical (unpaired) electrons. The van der Waals surface area contributed by atoms with Gasteiger partial charge in [-0.15, -0.1) is 0 Å². The van der Waals surface area contributed by atoms with Gasteiger partial charge in [0.1, 0.15) is 0 Å². The lowest BCUT2D eigenvalue weighted by atomic mass is 9.92. The molecule has 1 saturated carbocycles. The monoisotopic (exact) mass is 170 g/mol. The topological polar surface area (TPSA) is 20.2 Å². The third kappa shape index (κ3) is 2.48. The lowest BCUT2D eigenvalue weighted by Gasteiger charge is -2.18. The molecule has 1 nitrogen and oxygen atoms in total. The van der Waals surface area contributed by atoms with E-state index in [4.69, 9.17) is 0 Å². The van der Waals surface area contributed by atoms with Gasteiger partial charge in [0.2, 0.25) is 0 Å². The minimum Gasteiger partial charge on any atom is -0.393 e. The summed E-state index contributed by atoms with van der Waals surface area (Å²) in [5.74, 6) is 0.815. The zero-order valence-corrected chi connectivity index (χ0v) is 8.64. The molecule has 1 fully saturated rings. The molecule has 1 atom stereocenters. The van der Waals surface area contributed by atoms with Crippen LogP contribution in [0.3, 0.4) is 0 Å². The van der Waals surface area contributed by atoms with Crippen LogP contribution in [0.25, 0.3) is 0 Å². The molecule has 0 heterocycles. The number of hydrogen-bond acceptors (Lipinski definition) is 1. The van der Waals surface area contributed by atoms with Gasteiger partial charge in [-0.1, -0.05) is 26.7 Å². The van der Waals surface area contributed by atoms with Crippen LogP contribution in [0.15, 0.2) is 0 Å². The molecule has 72 valence electrons. The highest BCUT2D eigenvalue weighted by Gasteiger charge is 2.45. The predicted octanol–water partition coefficient (Wildman–Crippen LogP) is 2.97. The van der Waals surface area contributed by atoms with Crippen LogP contribution in [0.5, 0.6) is 0 Å². The van der Waals surface area contributed by atoms with Crippen molar-refractivity contribution in [2.45, 2.75) is 59.0 Å². The van der Waals surface area contributed by atoms with Crippen molar-refractivity contribution in [3.63, 3.8) is 0 Å². The molecule has 0 aromatic heterocycles. The van der Waals surface area contributed by atoms with E-state index in [1.165, 1.54) is 32.1 Å². The molecule has 1 rings (SSSR count). The number of hydrogen-bond donors (Lipinski definition) is 1. The van der Waals surface area contributed by atoms with E-state index in [-0.39, 0.29) is 6.10 Å². The fourth-order valence-electron chi connectivity index (χ4n) is 1.90. The molecular formula is C11H22O. The molecule has 1 heteroatoms.